The van der Waals surface area contributed by atoms with Gasteiger partial charge >= 0.3 is 6.18 Å². The molecule has 0 unspecified atom stereocenters. The van der Waals surface area contributed by atoms with Crippen LogP contribution in [-0.4, -0.2) is 22.3 Å². The molecule has 1 amide bonds. The first kappa shape index (κ1) is 31.1. The molecule has 5 aromatic rings. The molecule has 4 nitrogen and oxygen atoms in total. The largest absolute Gasteiger partial charge is 0.416 e. The minimum Gasteiger partial charge on any atom is -0.351 e. The van der Waals surface area contributed by atoms with Crippen LogP contribution in [0.4, 0.5) is 17.6 Å². The van der Waals surface area contributed by atoms with Crippen LogP contribution in [0.15, 0.2) is 115 Å². The van der Waals surface area contributed by atoms with Crippen molar-refractivity contribution in [2.45, 2.75) is 38.1 Å². The van der Waals surface area contributed by atoms with Gasteiger partial charge in [-0.05, 0) is 35.2 Å². The zero-order valence-corrected chi connectivity index (χ0v) is 24.6. The Kier molecular flexibility index (Phi) is 10.2. The van der Waals surface area contributed by atoms with Gasteiger partial charge in [0.25, 0.3) is 5.91 Å². The maximum Gasteiger partial charge on any atom is 0.416 e. The molecule has 0 aliphatic rings. The van der Waals surface area contributed by atoms with Gasteiger partial charge in [0.1, 0.15) is 16.5 Å². The summed E-state index contributed by atoms with van der Waals surface area (Å²) in [4.78, 5) is 19.4. The van der Waals surface area contributed by atoms with Gasteiger partial charge in [-0.15, -0.1) is 11.3 Å². The molecule has 0 saturated heterocycles. The lowest BCUT2D eigenvalue weighted by molar-refractivity contribution is -0.137. The smallest absolute Gasteiger partial charge is 0.351 e. The van der Waals surface area contributed by atoms with E-state index < -0.39 is 17.6 Å². The third-order valence-corrected chi connectivity index (χ3v) is 8.11. The first-order chi connectivity index (χ1) is 21.3. The number of hydrogen-bond donors (Lipinski definition) is 1. The third kappa shape index (κ3) is 8.39. The van der Waals surface area contributed by atoms with Crippen LogP contribution in [0.3, 0.4) is 0 Å². The van der Waals surface area contributed by atoms with E-state index in [1.54, 1.807) is 29.6 Å². The number of thiazole rings is 1. The number of carbonyl (C=O) groups is 1. The molecule has 1 heterocycles. The van der Waals surface area contributed by atoms with Crippen LogP contribution in [0, 0.1) is 5.82 Å². The van der Waals surface area contributed by atoms with Gasteiger partial charge in [-0.3, -0.25) is 9.69 Å². The Morgan fingerprint density at radius 3 is 2.14 bits per heavy atom. The molecule has 0 bridgehead atoms. The number of alkyl halides is 3. The zero-order chi connectivity index (χ0) is 30.9. The summed E-state index contributed by atoms with van der Waals surface area (Å²) in [5.41, 5.74) is 2.72. The van der Waals surface area contributed by atoms with Gasteiger partial charge in [0.15, 0.2) is 0 Å². The maximum atomic E-state index is 14.5. The molecule has 1 aromatic heterocycles. The second-order valence-electron chi connectivity index (χ2n) is 10.5. The Morgan fingerprint density at radius 1 is 0.818 bits per heavy atom. The lowest BCUT2D eigenvalue weighted by atomic mass is 9.88. The van der Waals surface area contributed by atoms with Crippen molar-refractivity contribution in [3.63, 3.8) is 0 Å². The van der Waals surface area contributed by atoms with Gasteiger partial charge in [0.2, 0.25) is 0 Å². The van der Waals surface area contributed by atoms with Gasteiger partial charge in [-0.25, -0.2) is 9.37 Å². The fourth-order valence-electron chi connectivity index (χ4n) is 5.14. The van der Waals surface area contributed by atoms with Crippen molar-refractivity contribution >= 4 is 17.2 Å². The van der Waals surface area contributed by atoms with E-state index >= 15 is 0 Å². The Labute approximate surface area is 258 Å². The van der Waals surface area contributed by atoms with Crippen molar-refractivity contribution < 1.29 is 22.4 Å². The highest BCUT2D eigenvalue weighted by atomic mass is 32.1. The molecule has 44 heavy (non-hydrogen) atoms. The highest BCUT2D eigenvalue weighted by Crippen LogP contribution is 2.30. The fourth-order valence-corrected chi connectivity index (χ4v) is 5.95. The van der Waals surface area contributed by atoms with Gasteiger partial charge in [0, 0.05) is 36.5 Å². The van der Waals surface area contributed by atoms with E-state index in [0.29, 0.717) is 29.1 Å². The Hall–Kier alpha value is -4.34. The summed E-state index contributed by atoms with van der Waals surface area (Å²) in [5, 5.41) is 5.25. The van der Waals surface area contributed by atoms with Crippen molar-refractivity contribution in [3.8, 4) is 0 Å². The molecule has 5 rings (SSSR count). The highest BCUT2D eigenvalue weighted by molar-refractivity contribution is 7.09. The number of nitrogens with zero attached hydrogens (tertiary/aromatic N) is 2. The summed E-state index contributed by atoms with van der Waals surface area (Å²) in [5.74, 6) is -0.581. The molecule has 0 atom stereocenters. The van der Waals surface area contributed by atoms with E-state index in [9.17, 15) is 22.4 Å². The van der Waals surface area contributed by atoms with Gasteiger partial charge in [-0.2, -0.15) is 13.2 Å². The standard InChI is InChI=1S/C35H31F4N3OS/c36-31-17-8-7-15-28(31)22-42(21-25-10-9-16-29(20-25)35(37,38)39)23-33-41-32(24-44-33)34(43)40-19-18-30(26-11-3-1-4-12-26)27-13-5-2-6-14-27/h1-17,20,24,30H,18-19,21-23H2,(H,40,43). The maximum absolute atomic E-state index is 14.5. The van der Waals surface area contributed by atoms with E-state index in [0.717, 1.165) is 12.1 Å². The van der Waals surface area contributed by atoms with Crippen LogP contribution in [0.1, 0.15) is 55.7 Å². The van der Waals surface area contributed by atoms with Crippen molar-refractivity contribution in [1.82, 2.24) is 15.2 Å². The van der Waals surface area contributed by atoms with Gasteiger partial charge < -0.3 is 5.32 Å². The van der Waals surface area contributed by atoms with Crippen molar-refractivity contribution in [2.24, 2.45) is 0 Å². The third-order valence-electron chi connectivity index (χ3n) is 7.28. The Bertz CT molecular complexity index is 1620. The summed E-state index contributed by atoms with van der Waals surface area (Å²) in [6, 6.07) is 31.7. The predicted molar refractivity (Wildman–Crippen MR) is 165 cm³/mol. The van der Waals surface area contributed by atoms with Crippen molar-refractivity contribution in [3.05, 3.63) is 159 Å². The number of aromatic nitrogens is 1. The summed E-state index contributed by atoms with van der Waals surface area (Å²) in [6.45, 7) is 0.964. The molecule has 0 spiro atoms. The van der Waals surface area contributed by atoms with Crippen LogP contribution in [0.25, 0.3) is 0 Å². The molecule has 226 valence electrons. The summed E-state index contributed by atoms with van der Waals surface area (Å²) >= 11 is 1.29. The average Bonchev–Trinajstić information content (AvgIpc) is 3.49. The fraction of sp³-hybridized carbons (Fsp3) is 0.200. The van der Waals surface area contributed by atoms with Crippen LogP contribution in [0.2, 0.25) is 0 Å². The first-order valence-corrected chi connectivity index (χ1v) is 15.1. The van der Waals surface area contributed by atoms with Crippen LogP contribution < -0.4 is 5.32 Å². The molecule has 0 aliphatic heterocycles. The Morgan fingerprint density at radius 2 is 1.48 bits per heavy atom. The van der Waals surface area contributed by atoms with Crippen molar-refractivity contribution in [2.75, 3.05) is 6.54 Å². The lowest BCUT2D eigenvalue weighted by Gasteiger charge is -2.22. The summed E-state index contributed by atoms with van der Waals surface area (Å²) in [6.07, 6.45) is -3.77. The van der Waals surface area contributed by atoms with Gasteiger partial charge in [0.05, 0.1) is 12.1 Å². The quantitative estimate of drug-likeness (QED) is 0.143. The van der Waals surface area contributed by atoms with E-state index in [2.05, 4.69) is 34.6 Å². The van der Waals surface area contributed by atoms with Crippen molar-refractivity contribution in [1.29, 1.82) is 0 Å². The molecular weight excluding hydrogens is 586 g/mol. The predicted octanol–water partition coefficient (Wildman–Crippen LogP) is 8.46. The Balaban J connectivity index is 1.26. The topological polar surface area (TPSA) is 45.2 Å². The number of hydrogen-bond acceptors (Lipinski definition) is 4. The molecule has 0 aliphatic carbocycles. The molecule has 0 saturated carbocycles. The molecule has 0 fully saturated rings. The van der Waals surface area contributed by atoms with E-state index in [4.69, 9.17) is 0 Å². The highest BCUT2D eigenvalue weighted by Gasteiger charge is 2.30. The number of halogens is 4. The molecular formula is C35H31F4N3OS. The lowest BCUT2D eigenvalue weighted by Crippen LogP contribution is -2.26. The van der Waals surface area contributed by atoms with Crippen LogP contribution in [0.5, 0.6) is 0 Å². The summed E-state index contributed by atoms with van der Waals surface area (Å²) in [7, 11) is 0. The normalized spacial score (nSPS) is 11.7. The number of carbonyl (C=O) groups excluding carboxylic acids is 1. The second kappa shape index (κ2) is 14.4. The van der Waals surface area contributed by atoms with Crippen LogP contribution >= 0.6 is 11.3 Å². The summed E-state index contributed by atoms with van der Waals surface area (Å²) < 4.78 is 54.5. The SMILES string of the molecule is O=C(NCCC(c1ccccc1)c1ccccc1)c1csc(CN(Cc2cccc(C(F)(F)F)c2)Cc2ccccc2F)n1. The van der Waals surface area contributed by atoms with E-state index in [1.807, 2.05) is 41.3 Å². The van der Waals surface area contributed by atoms with Gasteiger partial charge in [-0.1, -0.05) is 97.1 Å². The van der Waals surface area contributed by atoms with E-state index in [-0.39, 0.29) is 37.2 Å². The zero-order valence-electron chi connectivity index (χ0n) is 23.8. The molecule has 0 radical (unpaired) electrons. The van der Waals surface area contributed by atoms with E-state index in [1.165, 1.54) is 34.6 Å². The number of amides is 1. The second-order valence-corrected chi connectivity index (χ2v) is 11.4. The number of rotatable bonds is 12. The van der Waals surface area contributed by atoms with Crippen LogP contribution in [-0.2, 0) is 25.8 Å². The molecule has 9 heteroatoms. The molecule has 1 N–H and O–H groups in total. The number of benzene rings is 4. The monoisotopic (exact) mass is 617 g/mol. The number of nitrogens with one attached hydrogen (secondary N) is 1. The average molecular weight is 618 g/mol. The minimum atomic E-state index is -4.47. The minimum absolute atomic E-state index is 0.117. The first-order valence-electron chi connectivity index (χ1n) is 14.2. The molecule has 4 aromatic carbocycles.